The van der Waals surface area contributed by atoms with Gasteiger partial charge >= 0.3 is 5.97 Å². The molecule has 2 N–H and O–H groups in total. The van der Waals surface area contributed by atoms with Gasteiger partial charge in [0.2, 0.25) is 0 Å². The molecule has 34 heavy (non-hydrogen) atoms. The Bertz CT molecular complexity index is 1590. The monoisotopic (exact) mass is 450 g/mol. The van der Waals surface area contributed by atoms with Gasteiger partial charge in [0.1, 0.15) is 29.7 Å². The van der Waals surface area contributed by atoms with E-state index >= 15 is 0 Å². The molecule has 0 unspecified atom stereocenters. The lowest BCUT2D eigenvalue weighted by Gasteiger charge is -2.09. The lowest BCUT2D eigenvalue weighted by atomic mass is 10.1. The van der Waals surface area contributed by atoms with Crippen LogP contribution in [0.1, 0.15) is 21.9 Å². The number of hydrogen-bond donors (Lipinski definition) is 2. The number of para-hydroxylation sites is 3. The van der Waals surface area contributed by atoms with Gasteiger partial charge in [0.05, 0.1) is 22.1 Å². The molecule has 0 saturated carbocycles. The third kappa shape index (κ3) is 3.87. The Morgan fingerprint density at radius 3 is 2.59 bits per heavy atom. The average Bonchev–Trinajstić information content (AvgIpc) is 3.48. The second kappa shape index (κ2) is 8.56. The van der Waals surface area contributed by atoms with Gasteiger partial charge < -0.3 is 19.2 Å². The number of fused-ring (bicyclic) bond motifs is 2. The normalized spacial score (nSPS) is 11.9. The van der Waals surface area contributed by atoms with E-state index in [9.17, 15) is 15.2 Å². The van der Waals surface area contributed by atoms with Crippen LogP contribution in [0.4, 0.5) is 0 Å². The van der Waals surface area contributed by atoms with E-state index in [1.165, 1.54) is 0 Å². The van der Waals surface area contributed by atoms with E-state index in [0.29, 0.717) is 27.9 Å². The van der Waals surface area contributed by atoms with Crippen LogP contribution >= 0.6 is 0 Å². The summed E-state index contributed by atoms with van der Waals surface area (Å²) in [6.45, 7) is 1.33. The number of nitrogens with zero attached hydrogens (tertiary/aromatic N) is 3. The molecule has 0 aliphatic carbocycles. The van der Waals surface area contributed by atoms with Crippen LogP contribution in [-0.2, 0) is 4.74 Å². The number of nitriles is 1. The van der Waals surface area contributed by atoms with Gasteiger partial charge in [0, 0.05) is 5.39 Å². The van der Waals surface area contributed by atoms with Gasteiger partial charge in [-0.1, -0.05) is 30.3 Å². The Morgan fingerprint density at radius 2 is 1.85 bits per heavy atom. The molecule has 0 radical (unpaired) electrons. The van der Waals surface area contributed by atoms with Crippen LogP contribution in [-0.4, -0.2) is 32.6 Å². The van der Waals surface area contributed by atoms with Crippen molar-refractivity contribution < 1.29 is 19.1 Å². The maximum atomic E-state index is 13.0. The molecule has 0 bridgehead atoms. The predicted octanol–water partition coefficient (Wildman–Crippen LogP) is 5.33. The number of furan rings is 1. The number of imidazole rings is 1. The second-order valence-corrected chi connectivity index (χ2v) is 7.59. The number of aromatic amines is 1. The number of H-pyrrole nitrogens is 1. The van der Waals surface area contributed by atoms with Crippen LogP contribution < -0.4 is 0 Å². The number of nitrogens with one attached hydrogen (secondary N) is 1. The maximum Gasteiger partial charge on any atom is 0.339 e. The van der Waals surface area contributed by atoms with Crippen LogP contribution in [0.25, 0.3) is 39.0 Å². The van der Waals surface area contributed by atoms with Crippen molar-refractivity contribution >= 4 is 33.5 Å². The summed E-state index contributed by atoms with van der Waals surface area (Å²) >= 11 is 0. The molecule has 3 heterocycles. The fourth-order valence-electron chi connectivity index (χ4n) is 3.65. The Balaban J connectivity index is 1.45. The number of carbonyl (C=O) groups is 1. The van der Waals surface area contributed by atoms with Crippen molar-refractivity contribution in [3.63, 3.8) is 0 Å². The lowest BCUT2D eigenvalue weighted by Crippen LogP contribution is -2.10. The molecule has 166 valence electrons. The van der Waals surface area contributed by atoms with E-state index < -0.39 is 18.3 Å². The SMILES string of the molecule is Cc1ccc(-c2cc(C(=O)OC/C(O)=C(\C#N)c3nc4ccccc4[nH]3)c3ccccc3n2)o1. The molecule has 0 aliphatic heterocycles. The number of aliphatic hydroxyl groups excluding tert-OH is 1. The number of allylic oxidation sites excluding steroid dienone is 1. The summed E-state index contributed by atoms with van der Waals surface area (Å²) in [4.78, 5) is 24.9. The van der Waals surface area contributed by atoms with E-state index in [4.69, 9.17) is 9.15 Å². The highest BCUT2D eigenvalue weighted by atomic mass is 16.5. The number of ether oxygens (including phenoxy) is 1. The Morgan fingerprint density at radius 1 is 1.09 bits per heavy atom. The van der Waals surface area contributed by atoms with E-state index in [-0.39, 0.29) is 17.0 Å². The Labute approximate surface area is 193 Å². The molecular weight excluding hydrogens is 432 g/mol. The number of hydrogen-bond acceptors (Lipinski definition) is 7. The number of pyridine rings is 1. The molecule has 8 nitrogen and oxygen atoms in total. The first-order chi connectivity index (χ1) is 16.5. The van der Waals surface area contributed by atoms with Gasteiger partial charge in [0.15, 0.2) is 17.3 Å². The number of esters is 1. The summed E-state index contributed by atoms with van der Waals surface area (Å²) in [5.41, 5.74) is 2.62. The number of aryl methyl sites for hydroxylation is 1. The van der Waals surface area contributed by atoms with E-state index in [1.54, 1.807) is 36.4 Å². The van der Waals surface area contributed by atoms with Gasteiger partial charge in [-0.25, -0.2) is 14.8 Å². The zero-order chi connectivity index (χ0) is 23.7. The summed E-state index contributed by atoms with van der Waals surface area (Å²) in [7, 11) is 0. The van der Waals surface area contributed by atoms with E-state index in [0.717, 1.165) is 11.3 Å². The first-order valence-electron chi connectivity index (χ1n) is 10.4. The summed E-state index contributed by atoms with van der Waals surface area (Å²) in [5.74, 6) is 0.365. The van der Waals surface area contributed by atoms with Crippen molar-refractivity contribution in [3.8, 4) is 17.5 Å². The van der Waals surface area contributed by atoms with Crippen molar-refractivity contribution in [1.82, 2.24) is 15.0 Å². The van der Waals surface area contributed by atoms with Crippen molar-refractivity contribution in [2.24, 2.45) is 0 Å². The third-order valence-corrected chi connectivity index (χ3v) is 5.30. The molecule has 0 fully saturated rings. The van der Waals surface area contributed by atoms with Gasteiger partial charge in [-0.05, 0) is 43.3 Å². The van der Waals surface area contributed by atoms with Crippen molar-refractivity contribution in [2.75, 3.05) is 6.61 Å². The van der Waals surface area contributed by atoms with Gasteiger partial charge in [-0.3, -0.25) is 0 Å². The number of rotatable bonds is 5. The maximum absolute atomic E-state index is 13.0. The fraction of sp³-hybridized carbons (Fsp3) is 0.0769. The number of aliphatic hydroxyl groups is 1. The molecule has 0 atom stereocenters. The fourth-order valence-corrected chi connectivity index (χ4v) is 3.65. The zero-order valence-corrected chi connectivity index (χ0v) is 18.1. The van der Waals surface area contributed by atoms with Crippen molar-refractivity contribution in [2.45, 2.75) is 6.92 Å². The Hall–Kier alpha value is -4.90. The highest BCUT2D eigenvalue weighted by Crippen LogP contribution is 2.27. The average molecular weight is 450 g/mol. The van der Waals surface area contributed by atoms with Crippen LogP contribution in [0.15, 0.2) is 76.9 Å². The molecule has 0 aliphatic rings. The molecule has 5 rings (SSSR count). The highest BCUT2D eigenvalue weighted by molar-refractivity contribution is 6.04. The highest BCUT2D eigenvalue weighted by Gasteiger charge is 2.19. The van der Waals surface area contributed by atoms with Crippen molar-refractivity contribution in [3.05, 3.63) is 89.6 Å². The predicted molar refractivity (Wildman–Crippen MR) is 126 cm³/mol. The molecule has 0 saturated heterocycles. The minimum absolute atomic E-state index is 0.102. The summed E-state index contributed by atoms with van der Waals surface area (Å²) in [6.07, 6.45) is 0. The molecule has 2 aromatic carbocycles. The second-order valence-electron chi connectivity index (χ2n) is 7.59. The van der Waals surface area contributed by atoms with Gasteiger partial charge in [0.25, 0.3) is 0 Å². The minimum atomic E-state index is -0.670. The largest absolute Gasteiger partial charge is 0.507 e. The summed E-state index contributed by atoms with van der Waals surface area (Å²) in [6, 6.07) is 21.5. The van der Waals surface area contributed by atoms with Crippen LogP contribution in [0.2, 0.25) is 0 Å². The molecule has 3 aromatic heterocycles. The van der Waals surface area contributed by atoms with Gasteiger partial charge in [-0.15, -0.1) is 0 Å². The summed E-state index contributed by atoms with van der Waals surface area (Å²) in [5, 5.41) is 20.7. The third-order valence-electron chi connectivity index (χ3n) is 5.30. The van der Waals surface area contributed by atoms with Crippen LogP contribution in [0.3, 0.4) is 0 Å². The number of aromatic nitrogens is 3. The molecule has 5 aromatic rings. The first-order valence-corrected chi connectivity index (χ1v) is 10.4. The van der Waals surface area contributed by atoms with Crippen LogP contribution in [0.5, 0.6) is 0 Å². The molecule has 0 amide bonds. The Kier molecular flexibility index (Phi) is 5.28. The summed E-state index contributed by atoms with van der Waals surface area (Å²) < 4.78 is 11.0. The zero-order valence-electron chi connectivity index (χ0n) is 18.1. The van der Waals surface area contributed by atoms with Crippen LogP contribution in [0, 0.1) is 18.3 Å². The molecular formula is C26H18N4O4. The molecule has 0 spiro atoms. The van der Waals surface area contributed by atoms with E-state index in [2.05, 4.69) is 15.0 Å². The topological polar surface area (TPSA) is 125 Å². The van der Waals surface area contributed by atoms with E-state index in [1.807, 2.05) is 43.3 Å². The minimum Gasteiger partial charge on any atom is -0.507 e. The lowest BCUT2D eigenvalue weighted by molar-refractivity contribution is 0.0505. The van der Waals surface area contributed by atoms with Gasteiger partial charge in [-0.2, -0.15) is 5.26 Å². The first kappa shape index (κ1) is 21.0. The molecule has 8 heteroatoms. The quantitative estimate of drug-likeness (QED) is 0.211. The smallest absolute Gasteiger partial charge is 0.339 e. The number of carbonyl (C=O) groups excluding carboxylic acids is 1. The number of benzene rings is 2. The standard InChI is InChI=1S/C26H18N4O4/c1-15-10-11-24(34-15)22-12-17(16-6-2-3-7-19(16)28-22)26(32)33-14-23(31)18(13-27)25-29-20-8-4-5-9-21(20)30-25/h2-12,31H,14H2,1H3,(H,29,30)/b23-18-. The van der Waals surface area contributed by atoms with Crippen molar-refractivity contribution in [1.29, 1.82) is 5.26 Å².